The predicted octanol–water partition coefficient (Wildman–Crippen LogP) is 0.284. The topological polar surface area (TPSA) is 66.6 Å². The normalized spacial score (nSPS) is 21.4. The molecule has 0 aliphatic carbocycles. The molecule has 0 aromatic carbocycles. The van der Waals surface area contributed by atoms with Gasteiger partial charge in [0.25, 0.3) is 10.0 Å². The van der Waals surface area contributed by atoms with Crippen molar-refractivity contribution in [1.29, 1.82) is 0 Å². The number of halogens is 2. The fourth-order valence-corrected chi connectivity index (χ4v) is 3.17. The SMILES string of the molecule is CCC(CCN)N1CCN(S(=O)(=O)C(F)F)CC1. The molecule has 1 atom stereocenters. The molecule has 0 spiro atoms. The van der Waals surface area contributed by atoms with Crippen LogP contribution in [0.5, 0.6) is 0 Å². The molecule has 0 aromatic heterocycles. The van der Waals surface area contributed by atoms with E-state index in [2.05, 4.69) is 4.90 Å². The average molecular weight is 285 g/mol. The minimum absolute atomic E-state index is 0.133. The van der Waals surface area contributed by atoms with Crippen molar-refractivity contribution in [3.05, 3.63) is 0 Å². The Kier molecular flexibility index (Phi) is 5.90. The van der Waals surface area contributed by atoms with Gasteiger partial charge in [-0.25, -0.2) is 8.42 Å². The third-order valence-corrected chi connectivity index (χ3v) is 4.88. The van der Waals surface area contributed by atoms with Gasteiger partial charge in [-0.05, 0) is 19.4 Å². The summed E-state index contributed by atoms with van der Waals surface area (Å²) < 4.78 is 48.2. The molecule has 18 heavy (non-hydrogen) atoms. The zero-order valence-corrected chi connectivity index (χ0v) is 11.4. The molecule has 108 valence electrons. The third-order valence-electron chi connectivity index (χ3n) is 3.35. The second-order valence-electron chi connectivity index (χ2n) is 4.38. The van der Waals surface area contributed by atoms with E-state index >= 15 is 0 Å². The Bertz CT molecular complexity index is 343. The molecule has 1 rings (SSSR count). The lowest BCUT2D eigenvalue weighted by Crippen LogP contribution is -2.53. The van der Waals surface area contributed by atoms with Gasteiger partial charge in [0.05, 0.1) is 0 Å². The van der Waals surface area contributed by atoms with Crippen molar-refractivity contribution in [3.63, 3.8) is 0 Å². The van der Waals surface area contributed by atoms with E-state index < -0.39 is 15.8 Å². The van der Waals surface area contributed by atoms with Gasteiger partial charge in [-0.15, -0.1) is 0 Å². The maximum Gasteiger partial charge on any atom is 0.350 e. The lowest BCUT2D eigenvalue weighted by Gasteiger charge is -2.38. The average Bonchev–Trinajstić information content (AvgIpc) is 2.36. The zero-order chi connectivity index (χ0) is 13.8. The quantitative estimate of drug-likeness (QED) is 0.761. The van der Waals surface area contributed by atoms with E-state index in [-0.39, 0.29) is 13.1 Å². The zero-order valence-electron chi connectivity index (χ0n) is 10.6. The van der Waals surface area contributed by atoms with Crippen molar-refractivity contribution in [2.24, 2.45) is 5.73 Å². The largest absolute Gasteiger partial charge is 0.350 e. The number of hydrogen-bond acceptors (Lipinski definition) is 4. The number of piperazine rings is 1. The molecular formula is C10H21F2N3O2S. The van der Waals surface area contributed by atoms with Crippen LogP contribution in [0.4, 0.5) is 8.78 Å². The van der Waals surface area contributed by atoms with Crippen molar-refractivity contribution in [2.45, 2.75) is 31.6 Å². The molecule has 1 fully saturated rings. The van der Waals surface area contributed by atoms with Gasteiger partial charge in [0, 0.05) is 32.2 Å². The van der Waals surface area contributed by atoms with Crippen LogP contribution in [0.15, 0.2) is 0 Å². The van der Waals surface area contributed by atoms with Gasteiger partial charge < -0.3 is 5.73 Å². The highest BCUT2D eigenvalue weighted by Gasteiger charge is 2.35. The van der Waals surface area contributed by atoms with E-state index in [1.165, 1.54) is 0 Å². The number of nitrogens with zero attached hydrogens (tertiary/aromatic N) is 2. The first kappa shape index (κ1) is 15.7. The molecular weight excluding hydrogens is 264 g/mol. The molecule has 0 saturated carbocycles. The van der Waals surface area contributed by atoms with Crippen molar-refractivity contribution in [3.8, 4) is 0 Å². The summed E-state index contributed by atoms with van der Waals surface area (Å²) in [5.74, 6) is -3.32. The van der Waals surface area contributed by atoms with Crippen molar-refractivity contribution in [1.82, 2.24) is 9.21 Å². The minimum atomic E-state index is -4.42. The summed E-state index contributed by atoms with van der Waals surface area (Å²) >= 11 is 0. The first-order valence-electron chi connectivity index (χ1n) is 6.14. The summed E-state index contributed by atoms with van der Waals surface area (Å²) in [6.45, 7) is 3.87. The summed E-state index contributed by atoms with van der Waals surface area (Å²) in [6.07, 6.45) is 1.77. The first-order chi connectivity index (χ1) is 8.43. The van der Waals surface area contributed by atoms with Crippen LogP contribution < -0.4 is 5.73 Å². The molecule has 1 unspecified atom stereocenters. The van der Waals surface area contributed by atoms with Crippen molar-refractivity contribution >= 4 is 10.0 Å². The van der Waals surface area contributed by atoms with E-state index in [0.29, 0.717) is 25.7 Å². The van der Waals surface area contributed by atoms with E-state index in [0.717, 1.165) is 17.1 Å². The molecule has 2 N–H and O–H groups in total. The number of rotatable bonds is 6. The molecule has 0 bridgehead atoms. The summed E-state index contributed by atoms with van der Waals surface area (Å²) in [4.78, 5) is 2.13. The highest BCUT2D eigenvalue weighted by Crippen LogP contribution is 2.17. The number of hydrogen-bond donors (Lipinski definition) is 1. The molecule has 1 aliphatic rings. The fraction of sp³-hybridized carbons (Fsp3) is 1.00. The lowest BCUT2D eigenvalue weighted by molar-refractivity contribution is 0.122. The molecule has 1 aliphatic heterocycles. The Morgan fingerprint density at radius 1 is 1.22 bits per heavy atom. The number of alkyl halides is 2. The van der Waals surface area contributed by atoms with Crippen molar-refractivity contribution < 1.29 is 17.2 Å². The van der Waals surface area contributed by atoms with E-state index in [4.69, 9.17) is 5.73 Å². The molecule has 5 nitrogen and oxygen atoms in total. The third kappa shape index (κ3) is 3.59. The monoisotopic (exact) mass is 285 g/mol. The Morgan fingerprint density at radius 3 is 2.17 bits per heavy atom. The maximum absolute atomic E-state index is 12.4. The standard InChI is InChI=1S/C10H21F2N3O2S/c1-2-9(3-4-13)14-5-7-15(8-6-14)18(16,17)10(11)12/h9-10H,2-8,13H2,1H3. The van der Waals surface area contributed by atoms with E-state index in [9.17, 15) is 17.2 Å². The van der Waals surface area contributed by atoms with Crippen LogP contribution in [0, 0.1) is 0 Å². The van der Waals surface area contributed by atoms with Crippen LogP contribution in [0.2, 0.25) is 0 Å². The summed E-state index contributed by atoms with van der Waals surface area (Å²) in [5.41, 5.74) is 5.52. The summed E-state index contributed by atoms with van der Waals surface area (Å²) in [6, 6.07) is 0.311. The van der Waals surface area contributed by atoms with Crippen LogP contribution in [0.3, 0.4) is 0 Å². The Morgan fingerprint density at radius 2 is 1.78 bits per heavy atom. The van der Waals surface area contributed by atoms with Crippen molar-refractivity contribution in [2.75, 3.05) is 32.7 Å². The molecule has 8 heteroatoms. The van der Waals surface area contributed by atoms with Crippen LogP contribution >= 0.6 is 0 Å². The highest BCUT2D eigenvalue weighted by molar-refractivity contribution is 7.89. The first-order valence-corrected chi connectivity index (χ1v) is 7.65. The predicted molar refractivity (Wildman–Crippen MR) is 65.8 cm³/mol. The Balaban J connectivity index is 2.55. The Labute approximate surface area is 107 Å². The number of nitrogens with two attached hydrogens (primary N) is 1. The van der Waals surface area contributed by atoms with Crippen LogP contribution in [0.25, 0.3) is 0 Å². The van der Waals surface area contributed by atoms with Gasteiger partial charge >= 0.3 is 5.76 Å². The molecule has 0 amide bonds. The molecule has 1 saturated heterocycles. The smallest absolute Gasteiger partial charge is 0.330 e. The van der Waals surface area contributed by atoms with E-state index in [1.54, 1.807) is 0 Å². The lowest BCUT2D eigenvalue weighted by atomic mass is 10.1. The molecule has 0 radical (unpaired) electrons. The van der Waals surface area contributed by atoms with Gasteiger partial charge in [0.15, 0.2) is 0 Å². The second-order valence-corrected chi connectivity index (χ2v) is 6.28. The van der Waals surface area contributed by atoms with Gasteiger partial charge in [0.1, 0.15) is 0 Å². The summed E-state index contributed by atoms with van der Waals surface area (Å²) in [5, 5.41) is 0. The maximum atomic E-state index is 12.4. The minimum Gasteiger partial charge on any atom is -0.330 e. The second kappa shape index (κ2) is 6.74. The van der Waals surface area contributed by atoms with Gasteiger partial charge in [-0.3, -0.25) is 4.90 Å². The number of sulfonamides is 1. The van der Waals surface area contributed by atoms with Crippen LogP contribution in [-0.4, -0.2) is 62.1 Å². The van der Waals surface area contributed by atoms with E-state index in [1.807, 2.05) is 6.92 Å². The summed E-state index contributed by atoms with van der Waals surface area (Å²) in [7, 11) is -4.42. The van der Waals surface area contributed by atoms with Crippen LogP contribution in [-0.2, 0) is 10.0 Å². The Hall–Kier alpha value is -0.310. The molecule has 0 aromatic rings. The van der Waals surface area contributed by atoms with Crippen LogP contribution in [0.1, 0.15) is 19.8 Å². The van der Waals surface area contributed by atoms with Gasteiger partial charge in [-0.1, -0.05) is 6.92 Å². The highest BCUT2D eigenvalue weighted by atomic mass is 32.2. The fourth-order valence-electron chi connectivity index (χ4n) is 2.27. The molecule has 1 heterocycles. The van der Waals surface area contributed by atoms with Gasteiger partial charge in [-0.2, -0.15) is 13.1 Å². The van der Waals surface area contributed by atoms with Gasteiger partial charge in [0.2, 0.25) is 0 Å².